The van der Waals surface area contributed by atoms with Gasteiger partial charge in [-0.05, 0) is 19.8 Å². The molecule has 1 aliphatic heterocycles. The van der Waals surface area contributed by atoms with E-state index in [-0.39, 0.29) is 0 Å². The monoisotopic (exact) mass is 248 g/mol. The maximum Gasteiger partial charge on any atom is 0.148 e. The Labute approximate surface area is 107 Å². The highest BCUT2D eigenvalue weighted by molar-refractivity contribution is 5.58. The molecule has 3 rings (SSSR count). The molecule has 6 nitrogen and oxygen atoms in total. The smallest absolute Gasteiger partial charge is 0.148 e. The Hall–Kier alpha value is -1.40. The Morgan fingerprint density at radius 2 is 2.00 bits per heavy atom. The molecule has 1 aromatic heterocycles. The van der Waals surface area contributed by atoms with Crippen LogP contribution in [0.1, 0.15) is 30.1 Å². The van der Waals surface area contributed by atoms with Crippen LogP contribution in [0.15, 0.2) is 0 Å². The number of anilines is 2. The standard InChI is InChI=1S/C12H20N6/c1-8-10(17-13)15-11(9-2-3-9)16-12(8)18-6-4-14-5-7-18/h9,14H,2-7,13H2,1H3,(H,15,16,17). The molecule has 1 aliphatic carbocycles. The third-order valence-electron chi connectivity index (χ3n) is 3.63. The molecule has 18 heavy (non-hydrogen) atoms. The molecule has 2 fully saturated rings. The second kappa shape index (κ2) is 4.70. The molecule has 0 amide bonds. The van der Waals surface area contributed by atoms with Crippen molar-refractivity contribution in [2.75, 3.05) is 36.5 Å². The molecule has 0 radical (unpaired) electrons. The van der Waals surface area contributed by atoms with Gasteiger partial charge >= 0.3 is 0 Å². The van der Waals surface area contributed by atoms with Gasteiger partial charge in [0.2, 0.25) is 0 Å². The molecular formula is C12H20N6. The van der Waals surface area contributed by atoms with Crippen LogP contribution in [0.4, 0.5) is 11.6 Å². The molecule has 0 aromatic carbocycles. The van der Waals surface area contributed by atoms with Crippen LogP contribution in [0.2, 0.25) is 0 Å². The van der Waals surface area contributed by atoms with Gasteiger partial charge in [0, 0.05) is 37.7 Å². The van der Waals surface area contributed by atoms with Crippen LogP contribution in [0.5, 0.6) is 0 Å². The van der Waals surface area contributed by atoms with E-state index in [4.69, 9.17) is 10.8 Å². The zero-order valence-electron chi connectivity index (χ0n) is 10.7. The highest BCUT2D eigenvalue weighted by atomic mass is 15.3. The van der Waals surface area contributed by atoms with Gasteiger partial charge in [-0.2, -0.15) is 0 Å². The summed E-state index contributed by atoms with van der Waals surface area (Å²) in [6.07, 6.45) is 2.40. The molecule has 1 saturated carbocycles. The number of nitrogens with zero attached hydrogens (tertiary/aromatic N) is 3. The number of nitrogens with one attached hydrogen (secondary N) is 2. The lowest BCUT2D eigenvalue weighted by Crippen LogP contribution is -2.44. The van der Waals surface area contributed by atoms with E-state index in [0.29, 0.717) is 5.92 Å². The molecule has 1 aromatic rings. The summed E-state index contributed by atoms with van der Waals surface area (Å²) >= 11 is 0. The SMILES string of the molecule is Cc1c(NN)nc(C2CC2)nc1N1CCNCC1. The number of hydrogen-bond acceptors (Lipinski definition) is 6. The molecule has 98 valence electrons. The van der Waals surface area contributed by atoms with Crippen LogP contribution in [-0.2, 0) is 0 Å². The van der Waals surface area contributed by atoms with Crippen LogP contribution < -0.4 is 21.5 Å². The third-order valence-corrected chi connectivity index (χ3v) is 3.63. The second-order valence-electron chi connectivity index (χ2n) is 5.03. The quantitative estimate of drug-likeness (QED) is 0.529. The van der Waals surface area contributed by atoms with Gasteiger partial charge < -0.3 is 15.6 Å². The number of piperazine rings is 1. The number of aromatic nitrogens is 2. The molecule has 1 saturated heterocycles. The maximum atomic E-state index is 5.57. The topological polar surface area (TPSA) is 79.1 Å². The highest BCUT2D eigenvalue weighted by Crippen LogP contribution is 2.39. The minimum Gasteiger partial charge on any atom is -0.354 e. The van der Waals surface area contributed by atoms with E-state index in [9.17, 15) is 0 Å². The number of nitrogens with two attached hydrogens (primary N) is 1. The van der Waals surface area contributed by atoms with Crippen molar-refractivity contribution in [3.63, 3.8) is 0 Å². The fraction of sp³-hybridized carbons (Fsp3) is 0.667. The first-order valence-electron chi connectivity index (χ1n) is 6.60. The number of nitrogen functional groups attached to an aromatic ring is 1. The normalized spacial score (nSPS) is 20.0. The summed E-state index contributed by atoms with van der Waals surface area (Å²) in [5.74, 6) is 8.86. The summed E-state index contributed by atoms with van der Waals surface area (Å²) < 4.78 is 0. The highest BCUT2D eigenvalue weighted by Gasteiger charge is 2.29. The van der Waals surface area contributed by atoms with Gasteiger partial charge in [-0.3, -0.25) is 0 Å². The Balaban J connectivity index is 1.97. The average Bonchev–Trinajstić information content (AvgIpc) is 3.24. The van der Waals surface area contributed by atoms with Crippen LogP contribution in [0.25, 0.3) is 0 Å². The van der Waals surface area contributed by atoms with Crippen molar-refractivity contribution in [3.8, 4) is 0 Å². The fourth-order valence-electron chi connectivity index (χ4n) is 2.37. The Kier molecular flexibility index (Phi) is 3.05. The van der Waals surface area contributed by atoms with Gasteiger partial charge in [0.25, 0.3) is 0 Å². The van der Waals surface area contributed by atoms with Gasteiger partial charge in [-0.25, -0.2) is 15.8 Å². The Morgan fingerprint density at radius 3 is 2.61 bits per heavy atom. The summed E-state index contributed by atoms with van der Waals surface area (Å²) in [5, 5.41) is 3.36. The van der Waals surface area contributed by atoms with E-state index in [1.807, 2.05) is 6.92 Å². The van der Waals surface area contributed by atoms with Gasteiger partial charge in [0.1, 0.15) is 17.5 Å². The van der Waals surface area contributed by atoms with Crippen molar-refractivity contribution in [2.24, 2.45) is 5.84 Å². The first-order chi connectivity index (χ1) is 8.79. The van der Waals surface area contributed by atoms with Crippen molar-refractivity contribution in [2.45, 2.75) is 25.7 Å². The lowest BCUT2D eigenvalue weighted by molar-refractivity contribution is 0.582. The summed E-state index contributed by atoms with van der Waals surface area (Å²) in [5.41, 5.74) is 3.75. The van der Waals surface area contributed by atoms with Crippen molar-refractivity contribution >= 4 is 11.6 Å². The molecule has 0 bridgehead atoms. The van der Waals surface area contributed by atoms with Gasteiger partial charge in [0.05, 0.1) is 0 Å². The molecular weight excluding hydrogens is 228 g/mol. The first-order valence-corrected chi connectivity index (χ1v) is 6.60. The van der Waals surface area contributed by atoms with Crippen LogP contribution in [0.3, 0.4) is 0 Å². The largest absolute Gasteiger partial charge is 0.354 e. The minimum absolute atomic E-state index is 0.541. The lowest BCUT2D eigenvalue weighted by Gasteiger charge is -2.30. The van der Waals surface area contributed by atoms with Crippen LogP contribution in [0, 0.1) is 6.92 Å². The molecule has 0 spiro atoms. The van der Waals surface area contributed by atoms with Gasteiger partial charge in [-0.15, -0.1) is 0 Å². The Bertz CT molecular complexity index is 436. The van der Waals surface area contributed by atoms with E-state index in [1.54, 1.807) is 0 Å². The predicted octanol–water partition coefficient (Wildman–Crippen LogP) is 0.358. The summed E-state index contributed by atoms with van der Waals surface area (Å²) in [6.45, 7) is 6.03. The number of hydrogen-bond donors (Lipinski definition) is 3. The van der Waals surface area contributed by atoms with Gasteiger partial charge in [0.15, 0.2) is 0 Å². The summed E-state index contributed by atoms with van der Waals surface area (Å²) in [7, 11) is 0. The van der Waals surface area contributed by atoms with Crippen molar-refractivity contribution in [1.82, 2.24) is 15.3 Å². The molecule has 2 aliphatic rings. The van der Waals surface area contributed by atoms with Crippen molar-refractivity contribution in [3.05, 3.63) is 11.4 Å². The van der Waals surface area contributed by atoms with E-state index >= 15 is 0 Å². The molecule has 0 unspecified atom stereocenters. The second-order valence-corrected chi connectivity index (χ2v) is 5.03. The third kappa shape index (κ3) is 2.13. The van der Waals surface area contributed by atoms with Crippen LogP contribution in [-0.4, -0.2) is 36.1 Å². The molecule has 2 heterocycles. The van der Waals surface area contributed by atoms with Crippen LogP contribution >= 0.6 is 0 Å². The average molecular weight is 248 g/mol. The van der Waals surface area contributed by atoms with E-state index in [0.717, 1.165) is 49.2 Å². The number of rotatable bonds is 3. The maximum absolute atomic E-state index is 5.57. The summed E-state index contributed by atoms with van der Waals surface area (Å²) in [6, 6.07) is 0. The fourth-order valence-corrected chi connectivity index (χ4v) is 2.37. The zero-order chi connectivity index (χ0) is 12.5. The van der Waals surface area contributed by atoms with Crippen molar-refractivity contribution in [1.29, 1.82) is 0 Å². The number of hydrazine groups is 1. The lowest BCUT2D eigenvalue weighted by atomic mass is 10.2. The zero-order valence-corrected chi connectivity index (χ0v) is 10.7. The van der Waals surface area contributed by atoms with E-state index in [1.165, 1.54) is 12.8 Å². The van der Waals surface area contributed by atoms with E-state index in [2.05, 4.69) is 20.6 Å². The predicted molar refractivity (Wildman–Crippen MR) is 71.6 cm³/mol. The first kappa shape index (κ1) is 11.7. The summed E-state index contributed by atoms with van der Waals surface area (Å²) in [4.78, 5) is 11.6. The minimum atomic E-state index is 0.541. The Morgan fingerprint density at radius 1 is 1.28 bits per heavy atom. The molecule has 4 N–H and O–H groups in total. The molecule has 0 atom stereocenters. The van der Waals surface area contributed by atoms with Gasteiger partial charge in [-0.1, -0.05) is 0 Å². The van der Waals surface area contributed by atoms with Crippen molar-refractivity contribution < 1.29 is 0 Å². The molecule has 6 heteroatoms. The van der Waals surface area contributed by atoms with E-state index < -0.39 is 0 Å².